The van der Waals surface area contributed by atoms with Gasteiger partial charge in [-0.25, -0.2) is 4.79 Å². The molecule has 0 spiro atoms. The van der Waals surface area contributed by atoms with Crippen LogP contribution in [0.25, 0.3) is 10.9 Å². The third-order valence-electron chi connectivity index (χ3n) is 10.6. The summed E-state index contributed by atoms with van der Waals surface area (Å²) in [6.45, 7) is 9.40. The number of aliphatic hydroxyl groups is 1. The molecule has 6 rings (SSSR count). The second kappa shape index (κ2) is 17.6. The molecule has 2 saturated heterocycles. The molecule has 4 heterocycles. The number of carbonyl (C=O) groups excluding carboxylic acids is 3. The number of nitrogens with zero attached hydrogens (tertiary/aromatic N) is 3. The van der Waals surface area contributed by atoms with Gasteiger partial charge in [0.25, 0.3) is 5.69 Å². The van der Waals surface area contributed by atoms with Gasteiger partial charge < -0.3 is 33.7 Å². The maximum Gasteiger partial charge on any atom is 0.412 e. The molecule has 306 valence electrons. The van der Waals surface area contributed by atoms with Crippen molar-refractivity contribution in [2.45, 2.75) is 95.9 Å². The lowest BCUT2D eigenvalue weighted by Crippen LogP contribution is -2.53. The highest BCUT2D eigenvalue weighted by atomic mass is 35.5. The first-order valence-electron chi connectivity index (χ1n) is 18.7. The van der Waals surface area contributed by atoms with Gasteiger partial charge in [-0.05, 0) is 56.2 Å². The van der Waals surface area contributed by atoms with Gasteiger partial charge in [0, 0.05) is 38.8 Å². The zero-order chi connectivity index (χ0) is 41.8. The Bertz CT molecular complexity index is 2090. The van der Waals surface area contributed by atoms with Crippen LogP contribution in [0.3, 0.4) is 0 Å². The highest BCUT2D eigenvalue weighted by molar-refractivity contribution is 6.35. The fourth-order valence-electron chi connectivity index (χ4n) is 7.55. The monoisotopic (exact) mass is 808 g/mol. The van der Waals surface area contributed by atoms with Crippen LogP contribution in [0.5, 0.6) is 5.75 Å². The van der Waals surface area contributed by atoms with Crippen LogP contribution in [0.1, 0.15) is 59.4 Å². The number of esters is 1. The topological polar surface area (TPSA) is 192 Å². The third-order valence-corrected chi connectivity index (χ3v) is 11.0. The minimum absolute atomic E-state index is 0.0272. The first-order valence-corrected chi connectivity index (χ1v) is 19.1. The molecule has 3 aliphatic rings. The number of amides is 2. The van der Waals surface area contributed by atoms with Gasteiger partial charge >= 0.3 is 12.1 Å². The molecule has 3 aliphatic heterocycles. The number of methoxy groups -OCH3 is 2. The number of hydrogen-bond acceptors (Lipinski definition) is 12. The van der Waals surface area contributed by atoms with Gasteiger partial charge in [-0.3, -0.25) is 30.0 Å². The van der Waals surface area contributed by atoms with Gasteiger partial charge in [-0.15, -0.1) is 0 Å². The molecule has 0 unspecified atom stereocenters. The molecule has 2 amide bonds. The van der Waals surface area contributed by atoms with Crippen molar-refractivity contribution in [2.24, 2.45) is 5.92 Å². The van der Waals surface area contributed by atoms with Crippen LogP contribution in [-0.2, 0) is 35.0 Å². The lowest BCUT2D eigenvalue weighted by atomic mass is 9.78. The van der Waals surface area contributed by atoms with E-state index < -0.39 is 64.4 Å². The quantitative estimate of drug-likeness (QED) is 0.115. The number of aromatic nitrogens is 1. The first-order chi connectivity index (χ1) is 27.1. The third kappa shape index (κ3) is 9.06. The predicted octanol–water partition coefficient (Wildman–Crippen LogP) is 7.11. The Kier molecular flexibility index (Phi) is 13.3. The number of nitrogens with one attached hydrogen (secondary N) is 1. The number of allylic oxidation sites excluding steroid dienone is 3. The minimum Gasteiger partial charge on any atom is -0.495 e. The summed E-state index contributed by atoms with van der Waals surface area (Å²) in [5, 5.41) is 26.5. The Labute approximate surface area is 336 Å². The first kappa shape index (κ1) is 43.0. The highest BCUT2D eigenvalue weighted by Gasteiger charge is 2.64. The van der Waals surface area contributed by atoms with E-state index in [0.29, 0.717) is 17.9 Å². The average molecular weight is 809 g/mol. The number of anilines is 2. The number of nitro groups is 1. The molecule has 2 fully saturated rings. The summed E-state index contributed by atoms with van der Waals surface area (Å²) in [6, 6.07) is 9.21. The molecule has 2 N–H and O–H groups in total. The van der Waals surface area contributed by atoms with E-state index in [9.17, 15) is 29.6 Å². The Morgan fingerprint density at radius 2 is 1.93 bits per heavy atom. The fourth-order valence-corrected chi connectivity index (χ4v) is 7.86. The molecule has 57 heavy (non-hydrogen) atoms. The van der Waals surface area contributed by atoms with Gasteiger partial charge in [-0.1, -0.05) is 56.2 Å². The number of ether oxygens (including phenoxy) is 5. The predicted molar refractivity (Wildman–Crippen MR) is 214 cm³/mol. The van der Waals surface area contributed by atoms with E-state index in [0.717, 1.165) is 11.1 Å². The molecule has 3 aromatic rings. The molecular formula is C41H49ClN4O11. The fraction of sp³-hybridized carbons (Fsp3) is 0.463. The van der Waals surface area contributed by atoms with Crippen molar-refractivity contribution in [3.05, 3.63) is 87.1 Å². The molecule has 0 aliphatic carbocycles. The average Bonchev–Trinajstić information content (AvgIpc) is 3.88. The summed E-state index contributed by atoms with van der Waals surface area (Å²) in [6.07, 6.45) is 2.03. The maximum atomic E-state index is 14.2. The normalized spacial score (nSPS) is 29.1. The van der Waals surface area contributed by atoms with E-state index in [2.05, 4.69) is 10.3 Å². The summed E-state index contributed by atoms with van der Waals surface area (Å²) < 4.78 is 29.3. The molecule has 1 aromatic heterocycles. The van der Waals surface area contributed by atoms with Crippen LogP contribution < -0.4 is 15.0 Å². The van der Waals surface area contributed by atoms with Crippen LogP contribution in [0.4, 0.5) is 21.9 Å². The molecular weight excluding hydrogens is 760 g/mol. The Hall–Kier alpha value is -5.09. The number of fused-ring (bicyclic) bond motifs is 6. The maximum absolute atomic E-state index is 14.2. The van der Waals surface area contributed by atoms with Crippen molar-refractivity contribution in [1.82, 2.24) is 4.98 Å². The number of rotatable bonds is 5. The van der Waals surface area contributed by atoms with Crippen molar-refractivity contribution in [1.29, 1.82) is 0 Å². The zero-order valence-electron chi connectivity index (χ0n) is 33.2. The van der Waals surface area contributed by atoms with E-state index in [1.165, 1.54) is 43.5 Å². The zero-order valence-corrected chi connectivity index (χ0v) is 34.0. The van der Waals surface area contributed by atoms with Gasteiger partial charge in [0.2, 0.25) is 5.91 Å². The Morgan fingerprint density at radius 3 is 2.61 bits per heavy atom. The van der Waals surface area contributed by atoms with Crippen molar-refractivity contribution in [2.75, 3.05) is 31.5 Å². The molecule has 0 radical (unpaired) electrons. The van der Waals surface area contributed by atoms with Crippen molar-refractivity contribution < 1.29 is 48.1 Å². The second-order valence-electron chi connectivity index (χ2n) is 14.4. The lowest BCUT2D eigenvalue weighted by Gasteiger charge is -2.41. The number of nitro benzene ring substituents is 1. The lowest BCUT2D eigenvalue weighted by molar-refractivity contribution is -0.383. The van der Waals surface area contributed by atoms with Crippen molar-refractivity contribution in [3.63, 3.8) is 0 Å². The number of hydrogen-bond donors (Lipinski definition) is 2. The summed E-state index contributed by atoms with van der Waals surface area (Å²) in [5.74, 6) is -1.27. The molecule has 4 bridgehead atoms. The van der Waals surface area contributed by atoms with Gasteiger partial charge in [0.15, 0.2) is 0 Å². The number of carbonyl (C=O) groups is 3. The van der Waals surface area contributed by atoms with Crippen molar-refractivity contribution >= 4 is 57.5 Å². The largest absolute Gasteiger partial charge is 0.495 e. The van der Waals surface area contributed by atoms with Crippen LogP contribution in [0, 0.1) is 16.0 Å². The van der Waals surface area contributed by atoms with E-state index in [1.54, 1.807) is 51.2 Å². The molecule has 16 heteroatoms. The van der Waals surface area contributed by atoms with E-state index >= 15 is 0 Å². The van der Waals surface area contributed by atoms with Crippen LogP contribution in [0.2, 0.25) is 5.02 Å². The summed E-state index contributed by atoms with van der Waals surface area (Å²) >= 11 is 6.76. The minimum atomic E-state index is -1.61. The summed E-state index contributed by atoms with van der Waals surface area (Å²) in [5.41, 5.74) is -0.679. The van der Waals surface area contributed by atoms with Crippen LogP contribution in [0.15, 0.2) is 66.4 Å². The summed E-state index contributed by atoms with van der Waals surface area (Å²) in [7, 11) is 4.48. The van der Waals surface area contributed by atoms with Gasteiger partial charge in [0.05, 0.1) is 47.7 Å². The van der Waals surface area contributed by atoms with Gasteiger partial charge in [-0.2, -0.15) is 0 Å². The van der Waals surface area contributed by atoms with E-state index in [-0.39, 0.29) is 46.6 Å². The standard InChI is InChI=1S/C39H43ClN4O11.C2H6/c1-21-9-7-11-30(52-6)39(48)19-29(53-33(46)20-39)22(2)36-38(3,55-36)31(18-32(45)43(4)27-16-23(15-21)17-28(51-5)34(27)40)54-37(47)42-25-12-13-26(44(49)50)24-10-8-14-41-35(24)25;1-2/h7-14,16-17,22,29-31,36,48H,15,18-20H2,1-6H3,(H,42,47);1-2H3/b11-7+,21-9+;/t22-,29+,30-,31+,36+,38+,39-;/m1./s1. The Balaban J connectivity index is 0.00000305. The number of pyridine rings is 1. The highest BCUT2D eigenvalue weighted by Crippen LogP contribution is 2.50. The Morgan fingerprint density at radius 1 is 1.19 bits per heavy atom. The number of non-ortho nitro benzene ring substituents is 1. The van der Waals surface area contributed by atoms with Gasteiger partial charge in [0.1, 0.15) is 45.8 Å². The summed E-state index contributed by atoms with van der Waals surface area (Å²) in [4.78, 5) is 57.5. The molecule has 2 aromatic carbocycles. The smallest absolute Gasteiger partial charge is 0.412 e. The number of halogens is 1. The molecule has 0 saturated carbocycles. The number of benzene rings is 2. The number of epoxide rings is 1. The SMILES string of the molecule is CC.COc1cc2cc(c1Cl)N(C)C(=O)C[C@H](OC(=O)Nc1ccc([N+](=O)[O-])c3cccnc13)[C@]1(C)O[C@H]1[C@H](C)[C@@H]1C[C@@](O)(CC(=O)O1)[C@H](OC)/C=C/C=C(\C)C2. The van der Waals surface area contributed by atoms with E-state index in [1.807, 2.05) is 26.8 Å². The van der Waals surface area contributed by atoms with Crippen LogP contribution in [-0.4, -0.2) is 89.9 Å². The second-order valence-corrected chi connectivity index (χ2v) is 14.8. The van der Waals surface area contributed by atoms with Crippen molar-refractivity contribution in [3.8, 4) is 5.75 Å². The molecule has 15 nitrogen and oxygen atoms in total. The van der Waals surface area contributed by atoms with E-state index in [4.69, 9.17) is 35.3 Å². The van der Waals surface area contributed by atoms with Crippen LogP contribution >= 0.6 is 11.6 Å². The molecule has 7 atom stereocenters.